The number of allylic oxidation sites excluding steroid dienone is 3. The van der Waals surface area contributed by atoms with E-state index in [2.05, 4.69) is 47.4 Å². The Kier molecular flexibility index (Phi) is 13.9. The number of likely N-dealkylation sites (N-methyl/N-ethyl adjacent to an activating group) is 1. The van der Waals surface area contributed by atoms with Crippen LogP contribution >= 0.6 is 0 Å². The second kappa shape index (κ2) is 17.9. The molecule has 3 rings (SSSR count). The van der Waals surface area contributed by atoms with Gasteiger partial charge in [-0.1, -0.05) is 51.4 Å². The third-order valence-corrected chi connectivity index (χ3v) is 7.68. The number of hydrogen-bond donors (Lipinski definition) is 2. The van der Waals surface area contributed by atoms with E-state index in [-0.39, 0.29) is 11.8 Å². The number of nitrogens with zero attached hydrogens (tertiary/aromatic N) is 1. The molecule has 216 valence electrons. The van der Waals surface area contributed by atoms with Crippen LogP contribution < -0.4 is 10.2 Å². The minimum Gasteiger partial charge on any atom is -0.326 e. The van der Waals surface area contributed by atoms with E-state index in [0.717, 1.165) is 104 Å². The van der Waals surface area contributed by atoms with Crippen LogP contribution in [0.4, 0.5) is 11.4 Å². The molecule has 1 unspecified atom stereocenters. The van der Waals surface area contributed by atoms with E-state index in [1.807, 2.05) is 24.3 Å². The van der Waals surface area contributed by atoms with Crippen LogP contribution in [0, 0.1) is 24.7 Å². The predicted octanol–water partition coefficient (Wildman–Crippen LogP) is 7.10. The van der Waals surface area contributed by atoms with Gasteiger partial charge in [0.1, 0.15) is 11.4 Å². The smallest absolute Gasteiger partial charge is 0.246 e. The van der Waals surface area contributed by atoms with Crippen LogP contribution in [0.3, 0.4) is 0 Å². The maximum absolute atomic E-state index is 12.5. The van der Waals surface area contributed by atoms with Gasteiger partial charge in [-0.3, -0.25) is 14.5 Å². The van der Waals surface area contributed by atoms with Gasteiger partial charge in [0.05, 0.1) is 12.8 Å². The van der Waals surface area contributed by atoms with Gasteiger partial charge in [0, 0.05) is 54.6 Å². The van der Waals surface area contributed by atoms with E-state index in [0.29, 0.717) is 18.6 Å². The second-order valence-electron chi connectivity index (χ2n) is 11.0. The number of carbonyl (C=O) groups is 2. The standard InChI is InChI=1S/C36H45N3O2/c1-4-6-8-10-12-14-16-18-20-35(40)37-31-24-22-29-26-30-23-25-32(28-34(30)39(3)33(29)27-31)38-36(41)21-19-17-15-13-11-9-7-5-2/h1-2,22-28H,6-21H2,3H3,(H,37,40)/p+1. The first-order valence-corrected chi connectivity index (χ1v) is 15.4. The van der Waals surface area contributed by atoms with E-state index in [1.165, 1.54) is 19.3 Å². The average molecular weight is 553 g/mol. The van der Waals surface area contributed by atoms with Gasteiger partial charge in [-0.25, -0.2) is 4.99 Å². The number of nitrogens with one attached hydrogen (secondary N) is 2. The lowest BCUT2D eigenvalue weighted by Gasteiger charge is -2.26. The van der Waals surface area contributed by atoms with E-state index >= 15 is 0 Å². The van der Waals surface area contributed by atoms with Crippen LogP contribution in [0.5, 0.6) is 0 Å². The zero-order valence-corrected chi connectivity index (χ0v) is 24.8. The highest BCUT2D eigenvalue weighted by atomic mass is 16.2. The number of carbonyl (C=O) groups excluding carboxylic acids is 2. The summed E-state index contributed by atoms with van der Waals surface area (Å²) in [5.41, 5.74) is 5.91. The van der Waals surface area contributed by atoms with Crippen LogP contribution in [0.1, 0.15) is 108 Å². The molecule has 1 aliphatic heterocycles. The van der Waals surface area contributed by atoms with Crippen molar-refractivity contribution in [2.75, 3.05) is 12.4 Å². The fourth-order valence-electron chi connectivity index (χ4n) is 5.32. The van der Waals surface area contributed by atoms with Crippen molar-refractivity contribution in [2.45, 2.75) is 103 Å². The summed E-state index contributed by atoms with van der Waals surface area (Å²) < 4.78 is 0. The monoisotopic (exact) mass is 552 g/mol. The first-order chi connectivity index (χ1) is 20.0. The van der Waals surface area contributed by atoms with E-state index in [4.69, 9.17) is 12.8 Å². The van der Waals surface area contributed by atoms with Crippen LogP contribution in [0.2, 0.25) is 0 Å². The van der Waals surface area contributed by atoms with Gasteiger partial charge in [-0.05, 0) is 56.0 Å². The summed E-state index contributed by atoms with van der Waals surface area (Å²) in [5, 5.41) is 3.07. The summed E-state index contributed by atoms with van der Waals surface area (Å²) in [6, 6.07) is 6.08. The number of aliphatic imine (C=N–C) groups is 1. The first-order valence-electron chi connectivity index (χ1n) is 15.4. The number of benzene rings is 1. The summed E-state index contributed by atoms with van der Waals surface area (Å²) in [7, 11) is 2.09. The zero-order chi connectivity index (χ0) is 29.3. The molecule has 0 fully saturated rings. The SMILES string of the molecule is C#CCCCCCCCCC(=O)N=C1C=CC2=Cc3ccc(NC(=O)CCCCCCCCC#C)cc3[NH+](C)C2=C1. The Morgan fingerprint density at radius 3 is 2.07 bits per heavy atom. The van der Waals surface area contributed by atoms with E-state index in [9.17, 15) is 9.59 Å². The maximum atomic E-state index is 12.5. The van der Waals surface area contributed by atoms with Crippen molar-refractivity contribution in [3.63, 3.8) is 0 Å². The molecule has 0 saturated heterocycles. The number of amides is 2. The quantitative estimate of drug-likeness (QED) is 0.160. The van der Waals surface area contributed by atoms with Crippen molar-refractivity contribution in [2.24, 2.45) is 4.99 Å². The number of rotatable bonds is 17. The van der Waals surface area contributed by atoms with Crippen molar-refractivity contribution >= 4 is 35.0 Å². The summed E-state index contributed by atoms with van der Waals surface area (Å²) >= 11 is 0. The molecule has 1 heterocycles. The molecule has 2 aliphatic rings. The van der Waals surface area contributed by atoms with E-state index < -0.39 is 0 Å². The number of quaternary nitrogens is 1. The van der Waals surface area contributed by atoms with Crippen molar-refractivity contribution in [3.8, 4) is 24.7 Å². The highest BCUT2D eigenvalue weighted by Gasteiger charge is 2.27. The molecular weight excluding hydrogens is 506 g/mol. The molecule has 1 aromatic rings. The molecule has 1 atom stereocenters. The Bertz CT molecular complexity index is 1250. The first kappa shape index (κ1) is 31.9. The number of hydrogen-bond acceptors (Lipinski definition) is 2. The Hall–Kier alpha value is -3.67. The van der Waals surface area contributed by atoms with E-state index in [1.54, 1.807) is 0 Å². The average Bonchev–Trinajstić information content (AvgIpc) is 2.96. The number of terminal acetylenes is 2. The summed E-state index contributed by atoms with van der Waals surface area (Å²) in [5.74, 6) is 5.35. The minimum atomic E-state index is -0.0657. The number of fused-ring (bicyclic) bond motifs is 2. The van der Waals surface area contributed by atoms with Crippen LogP contribution in [0.15, 0.2) is 52.7 Å². The number of anilines is 1. The highest BCUT2D eigenvalue weighted by molar-refractivity contribution is 6.11. The molecule has 1 aromatic carbocycles. The third kappa shape index (κ3) is 11.0. The van der Waals surface area contributed by atoms with Gasteiger partial charge in [-0.15, -0.1) is 24.7 Å². The van der Waals surface area contributed by atoms with Gasteiger partial charge in [0.15, 0.2) is 0 Å². The Morgan fingerprint density at radius 1 is 0.805 bits per heavy atom. The van der Waals surface area contributed by atoms with Gasteiger partial charge < -0.3 is 5.32 Å². The second-order valence-corrected chi connectivity index (χ2v) is 11.0. The van der Waals surface area contributed by atoms with Crippen molar-refractivity contribution in [3.05, 3.63) is 53.3 Å². The molecule has 5 nitrogen and oxygen atoms in total. The summed E-state index contributed by atoms with van der Waals surface area (Å²) in [4.78, 5) is 30.5. The zero-order valence-electron chi connectivity index (χ0n) is 24.8. The maximum Gasteiger partial charge on any atom is 0.246 e. The Morgan fingerprint density at radius 2 is 1.41 bits per heavy atom. The van der Waals surface area contributed by atoms with Gasteiger partial charge in [-0.2, -0.15) is 0 Å². The minimum absolute atomic E-state index is 0.0543. The lowest BCUT2D eigenvalue weighted by atomic mass is 9.95. The number of unbranched alkanes of at least 4 members (excludes halogenated alkanes) is 12. The fourth-order valence-corrected chi connectivity index (χ4v) is 5.32. The van der Waals surface area contributed by atoms with Crippen LogP contribution in [-0.4, -0.2) is 24.6 Å². The van der Waals surface area contributed by atoms with Gasteiger partial charge in [0.25, 0.3) is 0 Å². The molecule has 41 heavy (non-hydrogen) atoms. The Labute approximate surface area is 247 Å². The molecule has 1 aliphatic carbocycles. The topological polar surface area (TPSA) is 63.0 Å². The molecule has 0 radical (unpaired) electrons. The molecule has 0 spiro atoms. The van der Waals surface area contributed by atoms with Gasteiger partial charge >= 0.3 is 0 Å². The largest absolute Gasteiger partial charge is 0.326 e. The molecule has 0 aromatic heterocycles. The van der Waals surface area contributed by atoms with Crippen LogP contribution in [0.25, 0.3) is 6.08 Å². The van der Waals surface area contributed by atoms with Crippen LogP contribution in [-0.2, 0) is 9.59 Å². The normalized spacial score (nSPS) is 16.2. The molecule has 2 amide bonds. The van der Waals surface area contributed by atoms with Gasteiger partial charge in [0.2, 0.25) is 11.8 Å². The molecule has 5 heteroatoms. The fraction of sp³-hybridized carbons (Fsp3) is 0.472. The van der Waals surface area contributed by atoms with Crippen molar-refractivity contribution in [1.82, 2.24) is 0 Å². The molecule has 0 saturated carbocycles. The van der Waals surface area contributed by atoms with Crippen molar-refractivity contribution in [1.29, 1.82) is 0 Å². The Balaban J connectivity index is 1.48. The molecule has 2 N–H and O–H groups in total. The summed E-state index contributed by atoms with van der Waals surface area (Å²) in [6.07, 6.45) is 34.5. The third-order valence-electron chi connectivity index (χ3n) is 7.68. The summed E-state index contributed by atoms with van der Waals surface area (Å²) in [6.45, 7) is 0. The molecular formula is C36H46N3O2+. The predicted molar refractivity (Wildman–Crippen MR) is 171 cm³/mol. The highest BCUT2D eigenvalue weighted by Crippen LogP contribution is 2.28. The molecule has 0 bridgehead atoms. The lowest BCUT2D eigenvalue weighted by molar-refractivity contribution is -0.764. The lowest BCUT2D eigenvalue weighted by Crippen LogP contribution is -3.02. The van der Waals surface area contributed by atoms with Crippen molar-refractivity contribution < 1.29 is 14.5 Å².